The van der Waals surface area contributed by atoms with Crippen LogP contribution in [0.1, 0.15) is 58.4 Å². The molecule has 0 saturated heterocycles. The molecular formula is C22H30O3. The van der Waals surface area contributed by atoms with Gasteiger partial charge in [-0.2, -0.15) is 0 Å². The van der Waals surface area contributed by atoms with Crippen molar-refractivity contribution in [2.45, 2.75) is 64.6 Å². The predicted octanol–water partition coefficient (Wildman–Crippen LogP) is 3.99. The summed E-state index contributed by atoms with van der Waals surface area (Å²) in [6, 6.07) is 9.70. The van der Waals surface area contributed by atoms with E-state index in [1.807, 2.05) is 36.4 Å². The van der Waals surface area contributed by atoms with Gasteiger partial charge in [0.05, 0.1) is 6.10 Å². The second-order valence-electron chi connectivity index (χ2n) is 8.42. The van der Waals surface area contributed by atoms with E-state index in [1.54, 1.807) is 6.08 Å². The average molecular weight is 342 g/mol. The third-order valence-electron chi connectivity index (χ3n) is 7.28. The molecule has 136 valence electrons. The van der Waals surface area contributed by atoms with Crippen LogP contribution in [0.3, 0.4) is 0 Å². The largest absolute Gasteiger partial charge is 0.389 e. The first kappa shape index (κ1) is 18.3. The molecule has 2 aliphatic carbocycles. The standard InChI is InChI=1S/C22H30O3/c1-4-21-13-12-17(20(21,2)3)15-22(21,25)19(24)14-18(23)11-10-16-8-6-5-7-9-16/h5-11,17-18,23,25H,4,12-15H2,1-3H3/b11-10+/t17-,18+,21-,22+/m1/s1. The number of ketones is 1. The van der Waals surface area contributed by atoms with Gasteiger partial charge in [0.15, 0.2) is 5.78 Å². The summed E-state index contributed by atoms with van der Waals surface area (Å²) in [5, 5.41) is 21.7. The number of Topliss-reactive ketones (excluding diaryl/α,β-unsaturated/α-hetero) is 1. The maximum absolute atomic E-state index is 13.0. The molecule has 1 aromatic carbocycles. The zero-order chi connectivity index (χ0) is 18.3. The quantitative estimate of drug-likeness (QED) is 0.822. The number of carbonyl (C=O) groups is 1. The van der Waals surface area contributed by atoms with Crippen molar-refractivity contribution in [3.63, 3.8) is 0 Å². The molecule has 2 saturated carbocycles. The first-order valence-corrected chi connectivity index (χ1v) is 9.44. The fourth-order valence-electron chi connectivity index (χ4n) is 5.66. The summed E-state index contributed by atoms with van der Waals surface area (Å²) in [6.45, 7) is 6.48. The van der Waals surface area contributed by atoms with Gasteiger partial charge < -0.3 is 10.2 Å². The fraction of sp³-hybridized carbons (Fsp3) is 0.591. The molecule has 3 heteroatoms. The lowest BCUT2D eigenvalue weighted by atomic mass is 9.60. The SMILES string of the molecule is CC[C@]12CC[C@H](C[C@]1(O)C(=O)C[C@@H](O)/C=C/c1ccccc1)C2(C)C. The molecule has 0 aromatic heterocycles. The monoisotopic (exact) mass is 342 g/mol. The highest BCUT2D eigenvalue weighted by atomic mass is 16.3. The number of benzene rings is 1. The van der Waals surface area contributed by atoms with Gasteiger partial charge in [-0.15, -0.1) is 0 Å². The lowest BCUT2D eigenvalue weighted by Gasteiger charge is -2.46. The molecule has 4 atom stereocenters. The molecule has 0 spiro atoms. The van der Waals surface area contributed by atoms with Gasteiger partial charge in [0.25, 0.3) is 0 Å². The third kappa shape index (κ3) is 2.69. The van der Waals surface area contributed by atoms with Crippen molar-refractivity contribution >= 4 is 11.9 Å². The number of hydrogen-bond acceptors (Lipinski definition) is 3. The smallest absolute Gasteiger partial charge is 0.167 e. The Bertz CT molecular complexity index is 663. The van der Waals surface area contributed by atoms with Crippen LogP contribution in [0.5, 0.6) is 0 Å². The van der Waals surface area contributed by atoms with E-state index in [-0.39, 0.29) is 23.0 Å². The Kier molecular flexibility index (Phi) is 4.67. The van der Waals surface area contributed by atoms with Crippen molar-refractivity contribution in [2.75, 3.05) is 0 Å². The summed E-state index contributed by atoms with van der Waals surface area (Å²) in [6.07, 6.45) is 5.91. The molecule has 3 rings (SSSR count). The summed E-state index contributed by atoms with van der Waals surface area (Å²) < 4.78 is 0. The highest BCUT2D eigenvalue weighted by molar-refractivity contribution is 5.89. The Morgan fingerprint density at radius 3 is 2.60 bits per heavy atom. The van der Waals surface area contributed by atoms with Gasteiger partial charge in [0.1, 0.15) is 5.60 Å². The Morgan fingerprint density at radius 2 is 2.00 bits per heavy atom. The van der Waals surface area contributed by atoms with E-state index < -0.39 is 11.7 Å². The summed E-state index contributed by atoms with van der Waals surface area (Å²) >= 11 is 0. The Hall–Kier alpha value is -1.45. The molecule has 0 amide bonds. The lowest BCUT2D eigenvalue weighted by Crippen LogP contribution is -2.54. The van der Waals surface area contributed by atoms with Gasteiger partial charge in [0.2, 0.25) is 0 Å². The minimum atomic E-state index is -1.30. The van der Waals surface area contributed by atoms with E-state index in [0.29, 0.717) is 12.3 Å². The minimum absolute atomic E-state index is 0.0234. The van der Waals surface area contributed by atoms with Crippen molar-refractivity contribution in [1.82, 2.24) is 0 Å². The second kappa shape index (κ2) is 6.37. The molecule has 0 unspecified atom stereocenters. The lowest BCUT2D eigenvalue weighted by molar-refractivity contribution is -0.160. The highest BCUT2D eigenvalue weighted by Gasteiger charge is 2.72. The maximum Gasteiger partial charge on any atom is 0.167 e. The normalized spacial score (nSPS) is 34.5. The predicted molar refractivity (Wildman–Crippen MR) is 99.9 cm³/mol. The zero-order valence-corrected chi connectivity index (χ0v) is 15.5. The van der Waals surface area contributed by atoms with Crippen LogP contribution in [0.15, 0.2) is 36.4 Å². The van der Waals surface area contributed by atoms with Crippen LogP contribution in [0.25, 0.3) is 6.08 Å². The number of rotatable bonds is 6. The third-order valence-corrected chi connectivity index (χ3v) is 7.28. The van der Waals surface area contributed by atoms with Crippen LogP contribution in [0.2, 0.25) is 0 Å². The van der Waals surface area contributed by atoms with Crippen LogP contribution in [0, 0.1) is 16.7 Å². The fourth-order valence-corrected chi connectivity index (χ4v) is 5.66. The Labute approximate surface area is 150 Å². The van der Waals surface area contributed by atoms with Gasteiger partial charge in [0, 0.05) is 11.8 Å². The van der Waals surface area contributed by atoms with E-state index in [0.717, 1.165) is 24.8 Å². The van der Waals surface area contributed by atoms with Gasteiger partial charge in [-0.1, -0.05) is 63.3 Å². The van der Waals surface area contributed by atoms with E-state index >= 15 is 0 Å². The molecule has 25 heavy (non-hydrogen) atoms. The zero-order valence-electron chi connectivity index (χ0n) is 15.5. The van der Waals surface area contributed by atoms with Crippen molar-refractivity contribution in [1.29, 1.82) is 0 Å². The summed E-state index contributed by atoms with van der Waals surface area (Å²) in [7, 11) is 0. The van der Waals surface area contributed by atoms with Crippen LogP contribution >= 0.6 is 0 Å². The van der Waals surface area contributed by atoms with Crippen molar-refractivity contribution in [3.8, 4) is 0 Å². The van der Waals surface area contributed by atoms with Gasteiger partial charge in [-0.25, -0.2) is 0 Å². The topological polar surface area (TPSA) is 57.5 Å². The molecule has 1 aromatic rings. The first-order chi connectivity index (χ1) is 11.8. The molecule has 0 heterocycles. The molecule has 0 aliphatic heterocycles. The summed E-state index contributed by atoms with van der Waals surface area (Å²) in [5.41, 5.74) is -0.698. The summed E-state index contributed by atoms with van der Waals surface area (Å²) in [5.74, 6) is 0.188. The molecule has 2 fully saturated rings. The number of aliphatic hydroxyl groups is 2. The molecule has 2 N–H and O–H groups in total. The molecule has 2 aliphatic rings. The maximum atomic E-state index is 13.0. The van der Waals surface area contributed by atoms with E-state index in [9.17, 15) is 15.0 Å². The molecule has 3 nitrogen and oxygen atoms in total. The summed E-state index contributed by atoms with van der Waals surface area (Å²) in [4.78, 5) is 13.0. The van der Waals surface area contributed by atoms with Crippen LogP contribution in [-0.2, 0) is 4.79 Å². The highest BCUT2D eigenvalue weighted by Crippen LogP contribution is 2.71. The minimum Gasteiger partial charge on any atom is -0.389 e. The van der Waals surface area contributed by atoms with E-state index in [1.165, 1.54) is 0 Å². The van der Waals surface area contributed by atoms with Crippen molar-refractivity contribution < 1.29 is 15.0 Å². The van der Waals surface area contributed by atoms with E-state index in [2.05, 4.69) is 20.8 Å². The molecular weight excluding hydrogens is 312 g/mol. The van der Waals surface area contributed by atoms with Gasteiger partial charge in [-0.05, 0) is 42.6 Å². The van der Waals surface area contributed by atoms with Crippen molar-refractivity contribution in [2.24, 2.45) is 16.7 Å². The number of hydrogen-bond donors (Lipinski definition) is 2. The Morgan fingerprint density at radius 1 is 1.32 bits per heavy atom. The van der Waals surface area contributed by atoms with Crippen LogP contribution < -0.4 is 0 Å². The number of fused-ring (bicyclic) bond motifs is 2. The van der Waals surface area contributed by atoms with Crippen molar-refractivity contribution in [3.05, 3.63) is 42.0 Å². The van der Waals surface area contributed by atoms with Gasteiger partial charge in [-0.3, -0.25) is 4.79 Å². The number of aliphatic hydroxyl groups excluding tert-OH is 1. The van der Waals surface area contributed by atoms with Crippen LogP contribution in [-0.4, -0.2) is 27.7 Å². The molecule has 2 bridgehead atoms. The van der Waals surface area contributed by atoms with Crippen LogP contribution in [0.4, 0.5) is 0 Å². The molecule has 0 radical (unpaired) electrons. The first-order valence-electron chi connectivity index (χ1n) is 9.44. The average Bonchev–Trinajstić information content (AvgIpc) is 2.94. The van der Waals surface area contributed by atoms with Gasteiger partial charge >= 0.3 is 0 Å². The Balaban J connectivity index is 1.74. The number of carbonyl (C=O) groups excluding carboxylic acids is 1. The van der Waals surface area contributed by atoms with E-state index in [4.69, 9.17) is 0 Å². The second-order valence-corrected chi connectivity index (χ2v) is 8.42.